The van der Waals surface area contributed by atoms with Crippen LogP contribution in [0.2, 0.25) is 10.0 Å². The first-order chi connectivity index (χ1) is 16.3. The second-order valence-corrected chi connectivity index (χ2v) is 9.11. The van der Waals surface area contributed by atoms with Crippen LogP contribution in [0.5, 0.6) is 5.75 Å². The molecule has 2 aromatic heterocycles. The minimum absolute atomic E-state index is 0.0306. The molecule has 0 bridgehead atoms. The molecule has 0 radical (unpaired) electrons. The zero-order valence-corrected chi connectivity index (χ0v) is 20.3. The van der Waals surface area contributed by atoms with Gasteiger partial charge in [0, 0.05) is 12.8 Å². The van der Waals surface area contributed by atoms with Crippen LogP contribution in [0.1, 0.15) is 38.2 Å². The molecule has 0 spiro atoms. The van der Waals surface area contributed by atoms with E-state index in [2.05, 4.69) is 15.3 Å². The lowest BCUT2D eigenvalue weighted by Crippen LogP contribution is -2.14. The second-order valence-electron chi connectivity index (χ2n) is 7.32. The van der Waals surface area contributed by atoms with Gasteiger partial charge in [0.15, 0.2) is 5.13 Å². The molecule has 11 heteroatoms. The maximum absolute atomic E-state index is 12.7. The summed E-state index contributed by atoms with van der Waals surface area (Å²) in [6.07, 6.45) is -0.499. The van der Waals surface area contributed by atoms with E-state index in [1.807, 2.05) is 30.3 Å². The molecule has 1 atom stereocenters. The smallest absolute Gasteiger partial charge is 0.335 e. The number of hydrogen-bond acceptors (Lipinski definition) is 6. The minimum atomic E-state index is -1.11. The molecule has 0 aliphatic rings. The summed E-state index contributed by atoms with van der Waals surface area (Å²) >= 11 is 13.3. The molecule has 34 heavy (non-hydrogen) atoms. The van der Waals surface area contributed by atoms with Crippen molar-refractivity contribution < 1.29 is 24.2 Å². The fourth-order valence-corrected chi connectivity index (χ4v) is 4.66. The molecular formula is C23H19Cl2N3O5S. The van der Waals surface area contributed by atoms with E-state index in [0.29, 0.717) is 15.9 Å². The number of aromatic amines is 1. The van der Waals surface area contributed by atoms with Gasteiger partial charge in [0.05, 0.1) is 26.9 Å². The lowest BCUT2D eigenvalue weighted by atomic mass is 10.1. The van der Waals surface area contributed by atoms with Crippen molar-refractivity contribution in [1.82, 2.24) is 9.97 Å². The summed E-state index contributed by atoms with van der Waals surface area (Å²) in [5.74, 6) is -1.38. The molecular weight excluding hydrogens is 501 g/mol. The molecule has 1 unspecified atom stereocenters. The number of benzene rings is 2. The fraction of sp³-hybridized carbons (Fsp3) is 0.174. The van der Waals surface area contributed by atoms with Crippen molar-refractivity contribution in [2.24, 2.45) is 0 Å². The number of rotatable bonds is 8. The van der Waals surface area contributed by atoms with Crippen LogP contribution < -0.4 is 10.1 Å². The number of H-pyrrole nitrogens is 1. The number of carboxylic acids is 1. The third kappa shape index (κ3) is 4.88. The highest BCUT2D eigenvalue weighted by Gasteiger charge is 2.22. The van der Waals surface area contributed by atoms with Crippen molar-refractivity contribution in [2.45, 2.75) is 13.0 Å². The number of hydrogen-bond donors (Lipinski definition) is 3. The first-order valence-corrected chi connectivity index (χ1v) is 11.6. The fourth-order valence-electron chi connectivity index (χ4n) is 3.32. The van der Waals surface area contributed by atoms with Gasteiger partial charge >= 0.3 is 5.97 Å². The Bertz CT molecular complexity index is 1370. The van der Waals surface area contributed by atoms with Crippen molar-refractivity contribution in [3.8, 4) is 5.75 Å². The normalized spacial score (nSPS) is 12.0. The third-order valence-corrected chi connectivity index (χ3v) is 6.83. The van der Waals surface area contributed by atoms with Gasteiger partial charge < -0.3 is 19.6 Å². The van der Waals surface area contributed by atoms with Crippen LogP contribution >= 0.6 is 34.5 Å². The lowest BCUT2D eigenvalue weighted by molar-refractivity contribution is 0.0693. The number of halogens is 2. The van der Waals surface area contributed by atoms with E-state index in [-0.39, 0.29) is 38.8 Å². The van der Waals surface area contributed by atoms with Gasteiger partial charge in [0.2, 0.25) is 0 Å². The second kappa shape index (κ2) is 10.0. The number of aromatic carboxylic acids is 1. The summed E-state index contributed by atoms with van der Waals surface area (Å²) in [7, 11) is 1.55. The average Bonchev–Trinajstić information content (AvgIpc) is 3.34. The third-order valence-electron chi connectivity index (χ3n) is 4.97. The zero-order valence-electron chi connectivity index (χ0n) is 18.0. The van der Waals surface area contributed by atoms with E-state index < -0.39 is 18.0 Å². The number of carboxylic acid groups (broad SMARTS) is 1. The van der Waals surface area contributed by atoms with E-state index in [0.717, 1.165) is 16.9 Å². The predicted molar refractivity (Wildman–Crippen MR) is 132 cm³/mol. The van der Waals surface area contributed by atoms with E-state index in [4.69, 9.17) is 32.7 Å². The van der Waals surface area contributed by atoms with Crippen LogP contribution in [-0.4, -0.2) is 40.7 Å². The van der Waals surface area contributed by atoms with Crippen molar-refractivity contribution in [2.75, 3.05) is 19.0 Å². The number of aryl methyl sites for hydroxylation is 1. The Morgan fingerprint density at radius 2 is 1.94 bits per heavy atom. The molecule has 0 aliphatic carbocycles. The molecule has 8 nitrogen and oxygen atoms in total. The number of nitrogens with one attached hydrogen (secondary N) is 2. The standard InChI is InChI=1S/C23H19Cl2N3O5S/c1-11-17(24)18(25)20(26-11)21(29)28-23-27-19-14(8-13(22(30)31)9-16(19)34-23)33-15(10-32-2)12-6-4-3-5-7-12/h3-9,15,26H,10H2,1-2H3,(H,30,31)(H,27,28,29). The van der Waals surface area contributed by atoms with Gasteiger partial charge in [-0.1, -0.05) is 64.9 Å². The largest absolute Gasteiger partial charge is 0.481 e. The maximum atomic E-state index is 12.7. The van der Waals surface area contributed by atoms with Crippen LogP contribution in [0.3, 0.4) is 0 Å². The molecule has 4 rings (SSSR count). The van der Waals surface area contributed by atoms with E-state index in [9.17, 15) is 14.7 Å². The number of carbonyl (C=O) groups excluding carboxylic acids is 1. The number of thiazole rings is 1. The molecule has 3 N–H and O–H groups in total. The number of nitrogens with zero attached hydrogens (tertiary/aromatic N) is 1. The SMILES string of the molecule is COCC(Oc1cc(C(=O)O)cc2sc(NC(=O)c3[nH]c(C)c(Cl)c3Cl)nc12)c1ccccc1. The molecule has 0 saturated heterocycles. The molecule has 0 aliphatic heterocycles. The monoisotopic (exact) mass is 519 g/mol. The number of ether oxygens (including phenoxy) is 2. The minimum Gasteiger partial charge on any atom is -0.481 e. The Balaban J connectivity index is 1.71. The Kier molecular flexibility index (Phi) is 7.08. The van der Waals surface area contributed by atoms with E-state index >= 15 is 0 Å². The van der Waals surface area contributed by atoms with Gasteiger partial charge in [-0.2, -0.15) is 0 Å². The first-order valence-electron chi connectivity index (χ1n) is 10.0. The van der Waals surface area contributed by atoms with Gasteiger partial charge in [0.1, 0.15) is 23.1 Å². The van der Waals surface area contributed by atoms with Crippen LogP contribution in [0.25, 0.3) is 10.2 Å². The maximum Gasteiger partial charge on any atom is 0.335 e. The lowest BCUT2D eigenvalue weighted by Gasteiger charge is -2.19. The molecule has 2 heterocycles. The summed E-state index contributed by atoms with van der Waals surface area (Å²) in [6.45, 7) is 1.94. The number of amides is 1. The van der Waals surface area contributed by atoms with Crippen LogP contribution in [0.15, 0.2) is 42.5 Å². The average molecular weight is 520 g/mol. The van der Waals surface area contributed by atoms with Crippen LogP contribution in [0.4, 0.5) is 5.13 Å². The highest BCUT2D eigenvalue weighted by molar-refractivity contribution is 7.22. The molecule has 4 aromatic rings. The van der Waals surface area contributed by atoms with Gasteiger partial charge in [-0.3, -0.25) is 10.1 Å². The zero-order chi connectivity index (χ0) is 24.4. The summed E-state index contributed by atoms with van der Waals surface area (Å²) in [5, 5.41) is 12.9. The molecule has 1 amide bonds. The topological polar surface area (TPSA) is 114 Å². The highest BCUT2D eigenvalue weighted by Crippen LogP contribution is 2.37. The number of anilines is 1. The van der Waals surface area contributed by atoms with E-state index in [1.165, 1.54) is 12.1 Å². The molecule has 0 saturated carbocycles. The Morgan fingerprint density at radius 3 is 2.56 bits per heavy atom. The number of aromatic nitrogens is 2. The Labute approximate surface area is 208 Å². The van der Waals surface area contributed by atoms with Crippen molar-refractivity contribution in [3.05, 3.63) is 75.0 Å². The summed E-state index contributed by atoms with van der Waals surface area (Å²) in [4.78, 5) is 31.8. The Hall–Kier alpha value is -3.11. The number of methoxy groups -OCH3 is 1. The first kappa shape index (κ1) is 24.0. The molecule has 176 valence electrons. The number of carbonyl (C=O) groups is 2. The van der Waals surface area contributed by atoms with Gasteiger partial charge in [0.25, 0.3) is 5.91 Å². The van der Waals surface area contributed by atoms with Gasteiger partial charge in [-0.25, -0.2) is 9.78 Å². The van der Waals surface area contributed by atoms with Crippen molar-refractivity contribution >= 4 is 61.8 Å². The van der Waals surface area contributed by atoms with Crippen LogP contribution in [0, 0.1) is 6.92 Å². The predicted octanol–water partition coefficient (Wildman–Crippen LogP) is 5.96. The van der Waals surface area contributed by atoms with E-state index in [1.54, 1.807) is 14.0 Å². The summed E-state index contributed by atoms with van der Waals surface area (Å²) in [6, 6.07) is 12.3. The summed E-state index contributed by atoms with van der Waals surface area (Å²) in [5.41, 5.74) is 1.97. The molecule has 0 fully saturated rings. The van der Waals surface area contributed by atoms with Crippen molar-refractivity contribution in [3.63, 3.8) is 0 Å². The van der Waals surface area contributed by atoms with Crippen molar-refractivity contribution in [1.29, 1.82) is 0 Å². The summed E-state index contributed by atoms with van der Waals surface area (Å²) < 4.78 is 12.0. The molecule has 2 aromatic carbocycles. The van der Waals surface area contributed by atoms with Crippen LogP contribution in [-0.2, 0) is 4.74 Å². The van der Waals surface area contributed by atoms with Gasteiger partial charge in [-0.15, -0.1) is 0 Å². The van der Waals surface area contributed by atoms with Gasteiger partial charge in [-0.05, 0) is 24.6 Å². The quantitative estimate of drug-likeness (QED) is 0.264. The Morgan fingerprint density at radius 1 is 1.21 bits per heavy atom. The number of fused-ring (bicyclic) bond motifs is 1. The highest BCUT2D eigenvalue weighted by atomic mass is 35.5.